The smallest absolute Gasteiger partial charge is 0.259 e. The Hall–Kier alpha value is -1.16. The van der Waals surface area contributed by atoms with E-state index in [9.17, 15) is 0 Å². The van der Waals surface area contributed by atoms with Gasteiger partial charge < -0.3 is 9.64 Å². The number of rotatable bonds is 1. The maximum absolute atomic E-state index is 5.45. The fraction of sp³-hybridized carbons (Fsp3) is 0.333. The van der Waals surface area contributed by atoms with Gasteiger partial charge in [0.1, 0.15) is 0 Å². The Balaban J connectivity index is 2.17. The van der Waals surface area contributed by atoms with Gasteiger partial charge in [-0.3, -0.25) is 4.98 Å². The molecule has 0 spiro atoms. The van der Waals surface area contributed by atoms with Gasteiger partial charge in [-0.25, -0.2) is 0 Å². The topological polar surface area (TPSA) is 25.4 Å². The molecule has 0 radical (unpaired) electrons. The molecule has 13 heavy (non-hydrogen) atoms. The van der Waals surface area contributed by atoms with E-state index in [0.717, 1.165) is 12.2 Å². The number of thiocarbonyl (C=S) groups is 1. The monoisotopic (exact) mass is 194 g/mol. The summed E-state index contributed by atoms with van der Waals surface area (Å²) in [6.45, 7) is 0.788. The summed E-state index contributed by atoms with van der Waals surface area (Å²) >= 11 is 4.99. The van der Waals surface area contributed by atoms with Crippen LogP contribution in [0, 0.1) is 0 Å². The number of nitrogens with zero attached hydrogens (tertiary/aromatic N) is 2. The first-order valence-electron chi connectivity index (χ1n) is 4.10. The summed E-state index contributed by atoms with van der Waals surface area (Å²) in [6.07, 6.45) is 1.76. The molecule has 0 saturated carbocycles. The lowest BCUT2D eigenvalue weighted by Crippen LogP contribution is -2.17. The zero-order valence-corrected chi connectivity index (χ0v) is 8.12. The fourth-order valence-corrected chi connectivity index (χ4v) is 1.48. The lowest BCUT2D eigenvalue weighted by atomic mass is 10.2. The highest BCUT2D eigenvalue weighted by Gasteiger charge is 2.27. The summed E-state index contributed by atoms with van der Waals surface area (Å²) < 4.78 is 5.45. The quantitative estimate of drug-likeness (QED) is 0.630. The van der Waals surface area contributed by atoms with Gasteiger partial charge in [0.25, 0.3) is 5.17 Å². The maximum atomic E-state index is 5.45. The average molecular weight is 194 g/mol. The highest BCUT2D eigenvalue weighted by atomic mass is 32.1. The van der Waals surface area contributed by atoms with Gasteiger partial charge in [0, 0.05) is 13.2 Å². The molecule has 1 aliphatic heterocycles. The molecule has 1 aliphatic rings. The third kappa shape index (κ3) is 1.62. The van der Waals surface area contributed by atoms with Crippen LogP contribution in [0.3, 0.4) is 0 Å². The minimum Gasteiger partial charge on any atom is -0.459 e. The Bertz CT molecular complexity index is 315. The van der Waals surface area contributed by atoms with E-state index in [1.54, 1.807) is 6.20 Å². The molecule has 4 heteroatoms. The Kier molecular flexibility index (Phi) is 2.14. The third-order valence-corrected chi connectivity index (χ3v) is 2.42. The molecule has 1 fully saturated rings. The van der Waals surface area contributed by atoms with Gasteiger partial charge in [0.2, 0.25) is 0 Å². The van der Waals surface area contributed by atoms with Gasteiger partial charge >= 0.3 is 0 Å². The number of aromatic nitrogens is 1. The molecular formula is C9H10N2OS. The van der Waals surface area contributed by atoms with Gasteiger partial charge in [-0.15, -0.1) is 0 Å². The fourth-order valence-electron chi connectivity index (χ4n) is 1.29. The first-order valence-corrected chi connectivity index (χ1v) is 4.51. The molecule has 0 bridgehead atoms. The Labute approximate surface area is 82.3 Å². The van der Waals surface area contributed by atoms with Gasteiger partial charge in [-0.05, 0) is 24.4 Å². The van der Waals surface area contributed by atoms with Gasteiger partial charge in [-0.1, -0.05) is 6.07 Å². The number of pyridine rings is 1. The number of hydrogen-bond donors (Lipinski definition) is 0. The second-order valence-electron chi connectivity index (χ2n) is 3.01. The van der Waals surface area contributed by atoms with Crippen LogP contribution in [0.15, 0.2) is 24.4 Å². The summed E-state index contributed by atoms with van der Waals surface area (Å²) in [5.74, 6) is 0. The minimum atomic E-state index is -0.00120. The van der Waals surface area contributed by atoms with Crippen molar-refractivity contribution in [3.05, 3.63) is 30.1 Å². The summed E-state index contributed by atoms with van der Waals surface area (Å²) in [5.41, 5.74) is 0.939. The molecule has 2 heterocycles. The van der Waals surface area contributed by atoms with Crippen LogP contribution in [0.5, 0.6) is 0 Å². The molecule has 3 nitrogen and oxygen atoms in total. The summed E-state index contributed by atoms with van der Waals surface area (Å²) in [7, 11) is 1.92. The van der Waals surface area contributed by atoms with Gasteiger partial charge in [-0.2, -0.15) is 0 Å². The van der Waals surface area contributed by atoms with E-state index in [4.69, 9.17) is 17.0 Å². The van der Waals surface area contributed by atoms with Crippen molar-refractivity contribution >= 4 is 17.4 Å². The van der Waals surface area contributed by atoms with E-state index in [-0.39, 0.29) is 6.10 Å². The van der Waals surface area contributed by atoms with Crippen LogP contribution in [0.1, 0.15) is 11.8 Å². The van der Waals surface area contributed by atoms with E-state index in [2.05, 4.69) is 4.98 Å². The van der Waals surface area contributed by atoms with Crippen molar-refractivity contribution < 1.29 is 4.74 Å². The van der Waals surface area contributed by atoms with E-state index in [1.165, 1.54) is 0 Å². The number of hydrogen-bond acceptors (Lipinski definition) is 3. The van der Waals surface area contributed by atoms with Crippen LogP contribution < -0.4 is 0 Å². The van der Waals surface area contributed by atoms with E-state index in [1.807, 2.05) is 30.1 Å². The van der Waals surface area contributed by atoms with Crippen molar-refractivity contribution in [3.8, 4) is 0 Å². The average Bonchev–Trinajstić information content (AvgIpc) is 2.49. The highest BCUT2D eigenvalue weighted by Crippen LogP contribution is 2.22. The maximum Gasteiger partial charge on any atom is 0.259 e. The summed E-state index contributed by atoms with van der Waals surface area (Å²) in [5, 5.41) is 0.552. The molecular weight excluding hydrogens is 184 g/mol. The lowest BCUT2D eigenvalue weighted by Gasteiger charge is -2.06. The van der Waals surface area contributed by atoms with E-state index < -0.39 is 0 Å². The van der Waals surface area contributed by atoms with Crippen LogP contribution in [0.2, 0.25) is 0 Å². The van der Waals surface area contributed by atoms with Crippen molar-refractivity contribution in [3.63, 3.8) is 0 Å². The van der Waals surface area contributed by atoms with Crippen molar-refractivity contribution in [2.45, 2.75) is 6.10 Å². The van der Waals surface area contributed by atoms with Crippen molar-refractivity contribution in [1.29, 1.82) is 0 Å². The summed E-state index contributed by atoms with van der Waals surface area (Å²) in [4.78, 5) is 6.13. The third-order valence-electron chi connectivity index (χ3n) is 2.01. The molecule has 68 valence electrons. The van der Waals surface area contributed by atoms with Crippen LogP contribution in [-0.4, -0.2) is 28.7 Å². The molecule has 1 saturated heterocycles. The molecule has 2 rings (SSSR count). The minimum absolute atomic E-state index is 0.00120. The molecule has 1 atom stereocenters. The molecule has 1 unspecified atom stereocenters. The lowest BCUT2D eigenvalue weighted by molar-refractivity contribution is 0.235. The predicted molar refractivity (Wildman–Crippen MR) is 53.3 cm³/mol. The first-order chi connectivity index (χ1) is 6.27. The SMILES string of the molecule is CN1CC(c2ccccn2)OC1=S. The van der Waals surface area contributed by atoms with E-state index >= 15 is 0 Å². The Morgan fingerprint density at radius 1 is 1.62 bits per heavy atom. The zero-order chi connectivity index (χ0) is 9.26. The first kappa shape index (κ1) is 8.44. The normalized spacial score (nSPS) is 21.8. The van der Waals surface area contributed by atoms with Crippen LogP contribution in [0.4, 0.5) is 0 Å². The summed E-state index contributed by atoms with van der Waals surface area (Å²) in [6, 6.07) is 5.79. The molecule has 0 amide bonds. The predicted octanol–water partition coefficient (Wildman–Crippen LogP) is 1.37. The van der Waals surface area contributed by atoms with Crippen LogP contribution >= 0.6 is 12.2 Å². The Morgan fingerprint density at radius 2 is 2.46 bits per heavy atom. The Morgan fingerprint density at radius 3 is 3.00 bits per heavy atom. The second-order valence-corrected chi connectivity index (χ2v) is 3.36. The standard InChI is InChI=1S/C9H10N2OS/c1-11-6-8(12-9(11)13)7-4-2-3-5-10-7/h2-5,8H,6H2,1H3. The molecule has 0 N–H and O–H groups in total. The molecule has 1 aromatic rings. The largest absolute Gasteiger partial charge is 0.459 e. The van der Waals surface area contributed by atoms with Crippen molar-refractivity contribution in [2.24, 2.45) is 0 Å². The molecule has 0 aliphatic carbocycles. The van der Waals surface area contributed by atoms with Crippen molar-refractivity contribution in [2.75, 3.05) is 13.6 Å². The van der Waals surface area contributed by atoms with Crippen molar-refractivity contribution in [1.82, 2.24) is 9.88 Å². The van der Waals surface area contributed by atoms with Crippen LogP contribution in [0.25, 0.3) is 0 Å². The molecule has 1 aromatic heterocycles. The van der Waals surface area contributed by atoms with E-state index in [0.29, 0.717) is 5.17 Å². The number of likely N-dealkylation sites (N-methyl/N-ethyl adjacent to an activating group) is 1. The number of ether oxygens (including phenoxy) is 1. The van der Waals surface area contributed by atoms with Crippen LogP contribution in [-0.2, 0) is 4.74 Å². The second kappa shape index (κ2) is 3.30. The van der Waals surface area contributed by atoms with Gasteiger partial charge in [0.05, 0.1) is 12.2 Å². The highest BCUT2D eigenvalue weighted by molar-refractivity contribution is 7.80. The van der Waals surface area contributed by atoms with Gasteiger partial charge in [0.15, 0.2) is 6.10 Å². The molecule has 0 aromatic carbocycles. The zero-order valence-electron chi connectivity index (χ0n) is 7.30.